The van der Waals surface area contributed by atoms with Gasteiger partial charge < -0.3 is 10.4 Å². The maximum Gasteiger partial charge on any atom is 0.326 e. The van der Waals surface area contributed by atoms with Gasteiger partial charge in [0.05, 0.1) is 0 Å². The number of carbonyl (C=O) groups excluding carboxylic acids is 1. The molecule has 1 aromatic rings. The van der Waals surface area contributed by atoms with Gasteiger partial charge >= 0.3 is 5.97 Å². The van der Waals surface area contributed by atoms with E-state index in [0.29, 0.717) is 17.7 Å². The number of hydrogen-bond acceptors (Lipinski definition) is 3. The smallest absolute Gasteiger partial charge is 0.326 e. The minimum absolute atomic E-state index is 0.207. The SMILES string of the molecule is CC[C@@H](NC(=O)c1cc(C)nc(Cl)c1)C(=O)O. The number of pyridine rings is 1. The second kappa shape index (κ2) is 5.63. The van der Waals surface area contributed by atoms with Gasteiger partial charge in [0.2, 0.25) is 0 Å². The predicted octanol–water partition coefficient (Wildman–Crippen LogP) is 1.64. The highest BCUT2D eigenvalue weighted by Crippen LogP contribution is 2.10. The number of aliphatic carboxylic acids is 1. The number of aryl methyl sites for hydroxylation is 1. The van der Waals surface area contributed by atoms with Gasteiger partial charge in [0.15, 0.2) is 0 Å². The van der Waals surface area contributed by atoms with E-state index < -0.39 is 17.9 Å². The molecule has 0 aromatic carbocycles. The summed E-state index contributed by atoms with van der Waals surface area (Å²) in [5.41, 5.74) is 0.910. The van der Waals surface area contributed by atoms with Crippen LogP contribution in [0.15, 0.2) is 12.1 Å². The molecule has 0 spiro atoms. The Kier molecular flexibility index (Phi) is 4.45. The molecule has 6 heteroatoms. The van der Waals surface area contributed by atoms with Crippen LogP contribution in [0.2, 0.25) is 5.15 Å². The van der Waals surface area contributed by atoms with E-state index in [1.54, 1.807) is 19.9 Å². The van der Waals surface area contributed by atoms with E-state index in [1.165, 1.54) is 6.07 Å². The number of aromatic nitrogens is 1. The molecule has 0 bridgehead atoms. The highest BCUT2D eigenvalue weighted by molar-refractivity contribution is 6.29. The Morgan fingerprint density at radius 1 is 1.53 bits per heavy atom. The molecular weight excluding hydrogens is 244 g/mol. The summed E-state index contributed by atoms with van der Waals surface area (Å²) in [5, 5.41) is 11.4. The normalized spacial score (nSPS) is 11.9. The number of amides is 1. The fourth-order valence-electron chi connectivity index (χ4n) is 1.34. The van der Waals surface area contributed by atoms with Crippen LogP contribution >= 0.6 is 11.6 Å². The van der Waals surface area contributed by atoms with Gasteiger partial charge in [0.1, 0.15) is 11.2 Å². The first-order valence-corrected chi connectivity index (χ1v) is 5.49. The molecule has 17 heavy (non-hydrogen) atoms. The second-order valence-corrected chi connectivity index (χ2v) is 3.98. The molecule has 0 saturated heterocycles. The van der Waals surface area contributed by atoms with E-state index in [9.17, 15) is 9.59 Å². The Morgan fingerprint density at radius 3 is 2.65 bits per heavy atom. The first kappa shape index (κ1) is 13.4. The zero-order valence-corrected chi connectivity index (χ0v) is 10.3. The number of carbonyl (C=O) groups is 2. The van der Waals surface area contributed by atoms with E-state index in [4.69, 9.17) is 16.7 Å². The third-order valence-corrected chi connectivity index (χ3v) is 2.39. The molecule has 5 nitrogen and oxygen atoms in total. The van der Waals surface area contributed by atoms with E-state index in [0.717, 1.165) is 0 Å². The average Bonchev–Trinajstić information content (AvgIpc) is 2.23. The number of rotatable bonds is 4. The van der Waals surface area contributed by atoms with Crippen molar-refractivity contribution in [3.05, 3.63) is 28.5 Å². The van der Waals surface area contributed by atoms with Gasteiger partial charge in [-0.3, -0.25) is 4.79 Å². The third kappa shape index (κ3) is 3.71. The number of halogens is 1. The van der Waals surface area contributed by atoms with Crippen LogP contribution in [0, 0.1) is 6.92 Å². The van der Waals surface area contributed by atoms with Gasteiger partial charge in [-0.15, -0.1) is 0 Å². The highest BCUT2D eigenvalue weighted by atomic mass is 35.5. The van der Waals surface area contributed by atoms with Crippen LogP contribution in [0.25, 0.3) is 0 Å². The molecule has 1 heterocycles. The van der Waals surface area contributed by atoms with Crippen LogP contribution in [0.3, 0.4) is 0 Å². The Balaban J connectivity index is 2.86. The van der Waals surface area contributed by atoms with E-state index in [1.807, 2.05) is 0 Å². The van der Waals surface area contributed by atoms with Crippen LogP contribution in [0.1, 0.15) is 29.4 Å². The fourth-order valence-corrected chi connectivity index (χ4v) is 1.59. The van der Waals surface area contributed by atoms with Gasteiger partial charge in [-0.25, -0.2) is 9.78 Å². The van der Waals surface area contributed by atoms with Crippen molar-refractivity contribution < 1.29 is 14.7 Å². The minimum Gasteiger partial charge on any atom is -0.480 e. The molecule has 0 radical (unpaired) electrons. The monoisotopic (exact) mass is 256 g/mol. The Bertz CT molecular complexity index is 428. The maximum atomic E-state index is 11.8. The van der Waals surface area contributed by atoms with Crippen molar-refractivity contribution in [2.45, 2.75) is 26.3 Å². The number of carboxylic acid groups (broad SMARTS) is 1. The van der Waals surface area contributed by atoms with Crippen LogP contribution in [0.5, 0.6) is 0 Å². The molecule has 1 aromatic heterocycles. The summed E-state index contributed by atoms with van der Waals surface area (Å²) in [6, 6.07) is 2.06. The van der Waals surface area contributed by atoms with Crippen LogP contribution < -0.4 is 5.32 Å². The molecule has 0 aliphatic rings. The summed E-state index contributed by atoms with van der Waals surface area (Å²) in [4.78, 5) is 26.5. The summed E-state index contributed by atoms with van der Waals surface area (Å²) in [7, 11) is 0. The van der Waals surface area contributed by atoms with Gasteiger partial charge in [-0.2, -0.15) is 0 Å². The van der Waals surface area contributed by atoms with Crippen molar-refractivity contribution in [2.75, 3.05) is 0 Å². The highest BCUT2D eigenvalue weighted by Gasteiger charge is 2.18. The second-order valence-electron chi connectivity index (χ2n) is 3.59. The lowest BCUT2D eigenvalue weighted by atomic mass is 10.2. The van der Waals surface area contributed by atoms with Crippen LogP contribution in [0.4, 0.5) is 0 Å². The Labute approximate surface area is 104 Å². The summed E-state index contributed by atoms with van der Waals surface area (Å²) in [5.74, 6) is -1.52. The summed E-state index contributed by atoms with van der Waals surface area (Å²) >= 11 is 5.72. The van der Waals surface area contributed by atoms with E-state index in [2.05, 4.69) is 10.3 Å². The summed E-state index contributed by atoms with van der Waals surface area (Å²) in [6.45, 7) is 3.39. The molecule has 0 saturated carbocycles. The molecule has 1 rings (SSSR count). The lowest BCUT2D eigenvalue weighted by Gasteiger charge is -2.12. The van der Waals surface area contributed by atoms with Gasteiger partial charge in [-0.05, 0) is 25.5 Å². The number of carboxylic acids is 1. The summed E-state index contributed by atoms with van der Waals surface area (Å²) < 4.78 is 0. The van der Waals surface area contributed by atoms with Gasteiger partial charge in [-0.1, -0.05) is 18.5 Å². The number of nitrogens with zero attached hydrogens (tertiary/aromatic N) is 1. The molecule has 0 fully saturated rings. The van der Waals surface area contributed by atoms with Crippen LogP contribution in [-0.2, 0) is 4.79 Å². The summed E-state index contributed by atoms with van der Waals surface area (Å²) in [6.07, 6.45) is 0.318. The Hall–Kier alpha value is -1.62. The Morgan fingerprint density at radius 2 is 2.18 bits per heavy atom. The minimum atomic E-state index is -1.06. The number of hydrogen-bond donors (Lipinski definition) is 2. The van der Waals surface area contributed by atoms with Crippen molar-refractivity contribution >= 4 is 23.5 Å². The van der Waals surface area contributed by atoms with Crippen LogP contribution in [-0.4, -0.2) is 28.0 Å². The average molecular weight is 257 g/mol. The van der Waals surface area contributed by atoms with Crippen molar-refractivity contribution in [2.24, 2.45) is 0 Å². The molecule has 0 aliphatic heterocycles. The van der Waals surface area contributed by atoms with Gasteiger partial charge in [0.25, 0.3) is 5.91 Å². The maximum absolute atomic E-state index is 11.8. The molecular formula is C11H13ClN2O3. The lowest BCUT2D eigenvalue weighted by Crippen LogP contribution is -2.40. The topological polar surface area (TPSA) is 79.3 Å². The fraction of sp³-hybridized carbons (Fsp3) is 0.364. The zero-order valence-electron chi connectivity index (χ0n) is 9.53. The van der Waals surface area contributed by atoms with Crippen molar-refractivity contribution in [1.29, 1.82) is 0 Å². The molecule has 0 aliphatic carbocycles. The number of nitrogens with one attached hydrogen (secondary N) is 1. The zero-order chi connectivity index (χ0) is 13.0. The lowest BCUT2D eigenvalue weighted by molar-refractivity contribution is -0.139. The third-order valence-electron chi connectivity index (χ3n) is 2.20. The van der Waals surface area contributed by atoms with E-state index >= 15 is 0 Å². The molecule has 2 N–H and O–H groups in total. The molecule has 1 amide bonds. The molecule has 92 valence electrons. The molecule has 1 atom stereocenters. The molecule has 0 unspecified atom stereocenters. The van der Waals surface area contributed by atoms with Crippen molar-refractivity contribution in [1.82, 2.24) is 10.3 Å². The standard InChI is InChI=1S/C11H13ClN2O3/c1-3-8(11(16)17)14-10(15)7-4-6(2)13-9(12)5-7/h4-5,8H,3H2,1-2H3,(H,14,15)(H,16,17)/t8-/m1/s1. The van der Waals surface area contributed by atoms with Crippen molar-refractivity contribution in [3.8, 4) is 0 Å². The quantitative estimate of drug-likeness (QED) is 0.803. The van der Waals surface area contributed by atoms with E-state index in [-0.39, 0.29) is 5.15 Å². The first-order valence-electron chi connectivity index (χ1n) is 5.12. The van der Waals surface area contributed by atoms with Gasteiger partial charge in [0, 0.05) is 11.3 Å². The largest absolute Gasteiger partial charge is 0.480 e. The van der Waals surface area contributed by atoms with Crippen molar-refractivity contribution in [3.63, 3.8) is 0 Å². The first-order chi connectivity index (χ1) is 7.93. The predicted molar refractivity (Wildman–Crippen MR) is 63.2 cm³/mol.